The number of carbonyl (C=O) groups is 2. The van der Waals surface area contributed by atoms with Gasteiger partial charge in [0.25, 0.3) is 0 Å². The summed E-state index contributed by atoms with van der Waals surface area (Å²) in [6.45, 7) is 0.399. The molecule has 2 aliphatic rings. The summed E-state index contributed by atoms with van der Waals surface area (Å²) in [5.74, 6) is -3.39. The van der Waals surface area contributed by atoms with E-state index in [1.807, 2.05) is 6.07 Å². The summed E-state index contributed by atoms with van der Waals surface area (Å²) >= 11 is 6.08. The van der Waals surface area contributed by atoms with Crippen molar-refractivity contribution in [2.75, 3.05) is 26.0 Å². The highest BCUT2D eigenvalue weighted by molar-refractivity contribution is 6.30. The summed E-state index contributed by atoms with van der Waals surface area (Å²) in [5, 5.41) is 12.1. The normalized spacial score (nSPS) is 22.2. The monoisotopic (exact) mass is 530 g/mol. The number of ether oxygens (including phenoxy) is 1. The molecule has 0 aliphatic carbocycles. The topological polar surface area (TPSA) is 78.5 Å². The molecule has 1 N–H and O–H groups in total. The standard InChI is InChI=1S/C23H26ClFN2O2.C2HF3O2/c1-27(2)19-7-4-11-23(27,12-10-19)15-29-22(28)26-21-9-8-18(25)14-20(21)16-5-3-6-17(24)13-16;3-2(4,5)1(6)7/h3,5-6,8-9,13-14,19H,4,7,10-12,15H2,1-2H3;(H,6,7). The van der Waals surface area contributed by atoms with Crippen LogP contribution >= 0.6 is 11.6 Å². The van der Waals surface area contributed by atoms with E-state index in [4.69, 9.17) is 26.2 Å². The number of carboxylic acid groups (broad SMARTS) is 1. The van der Waals surface area contributed by atoms with Crippen LogP contribution < -0.4 is 10.4 Å². The predicted molar refractivity (Wildman–Crippen MR) is 125 cm³/mol. The third-order valence-electron chi connectivity index (χ3n) is 7.32. The molecule has 2 saturated heterocycles. The lowest BCUT2D eigenvalue weighted by Crippen LogP contribution is -2.63. The van der Waals surface area contributed by atoms with E-state index in [0.717, 1.165) is 22.9 Å². The third-order valence-corrected chi connectivity index (χ3v) is 7.55. The van der Waals surface area contributed by atoms with Gasteiger partial charge in [0.05, 0.1) is 25.8 Å². The highest BCUT2D eigenvalue weighted by Gasteiger charge is 2.58. The van der Waals surface area contributed by atoms with Gasteiger partial charge in [-0.05, 0) is 48.7 Å². The fourth-order valence-electron chi connectivity index (χ4n) is 5.16. The number of quaternary nitrogens is 1. The number of piperidine rings is 1. The molecule has 0 radical (unpaired) electrons. The molecule has 11 heteroatoms. The molecule has 196 valence electrons. The maximum absolute atomic E-state index is 13.9. The number of anilines is 1. The van der Waals surface area contributed by atoms with Crippen LogP contribution in [0.2, 0.25) is 5.02 Å². The quantitative estimate of drug-likeness (QED) is 0.438. The van der Waals surface area contributed by atoms with Crippen molar-refractivity contribution in [2.45, 2.75) is 49.9 Å². The molecule has 4 rings (SSSR count). The number of carboxylic acids is 1. The Kier molecular flexibility index (Phi) is 8.20. The molecule has 2 heterocycles. The van der Waals surface area contributed by atoms with Gasteiger partial charge in [0.2, 0.25) is 0 Å². The zero-order valence-electron chi connectivity index (χ0n) is 19.8. The van der Waals surface area contributed by atoms with Crippen molar-refractivity contribution < 1.29 is 41.5 Å². The van der Waals surface area contributed by atoms with E-state index in [0.29, 0.717) is 28.9 Å². The number of nitrogens with one attached hydrogen (secondary N) is 1. The first-order valence-electron chi connectivity index (χ1n) is 11.4. The maximum atomic E-state index is 13.9. The Bertz CT molecular complexity index is 1120. The number of aliphatic carboxylic acids is 1. The van der Waals surface area contributed by atoms with Crippen LogP contribution in [0.5, 0.6) is 0 Å². The van der Waals surface area contributed by atoms with Crippen LogP contribution in [0.4, 0.5) is 28.0 Å². The summed E-state index contributed by atoms with van der Waals surface area (Å²) in [4.78, 5) is 21.4. The number of fused-ring (bicyclic) bond motifs is 2. The Balaban J connectivity index is 0.000000454. The Morgan fingerprint density at radius 3 is 2.50 bits per heavy atom. The Hall–Kier alpha value is -2.85. The minimum atomic E-state index is -5.19. The molecule has 2 unspecified atom stereocenters. The molecule has 2 aliphatic heterocycles. The van der Waals surface area contributed by atoms with Gasteiger partial charge in [0.1, 0.15) is 23.9 Å². The molecule has 36 heavy (non-hydrogen) atoms. The Labute approximate surface area is 211 Å². The Morgan fingerprint density at radius 1 is 1.17 bits per heavy atom. The first kappa shape index (κ1) is 27.7. The average Bonchev–Trinajstić information content (AvgIpc) is 2.93. The van der Waals surface area contributed by atoms with Gasteiger partial charge in [-0.25, -0.2) is 9.18 Å². The van der Waals surface area contributed by atoms with Crippen molar-refractivity contribution in [3.05, 3.63) is 53.3 Å². The molecule has 2 atom stereocenters. The summed E-state index contributed by atoms with van der Waals surface area (Å²) in [6.07, 6.45) is 0.0853. The van der Waals surface area contributed by atoms with E-state index in [2.05, 4.69) is 19.4 Å². The molecule has 0 aromatic heterocycles. The average molecular weight is 531 g/mol. The number of nitrogens with zero attached hydrogens (tertiary/aromatic N) is 1. The Morgan fingerprint density at radius 2 is 1.86 bits per heavy atom. The van der Waals surface area contributed by atoms with Crippen molar-refractivity contribution >= 4 is 29.4 Å². The van der Waals surface area contributed by atoms with Crippen molar-refractivity contribution in [1.29, 1.82) is 0 Å². The summed E-state index contributed by atoms with van der Waals surface area (Å²) < 4.78 is 52.0. The SMILES string of the molecule is C[N+]1(C)C2CCCC1(COC(=O)Nc1ccc(F)cc1-c1cccc(Cl)c1)CC2.O=C([O-])C(F)(F)F. The molecule has 6 nitrogen and oxygen atoms in total. The van der Waals surface area contributed by atoms with Gasteiger partial charge in [-0.3, -0.25) is 5.32 Å². The number of halogens is 5. The van der Waals surface area contributed by atoms with Crippen LogP contribution in [-0.4, -0.2) is 55.0 Å². The number of likely N-dealkylation sites (N-methyl/N-ethyl adjacent to an activating group) is 1. The minimum Gasteiger partial charge on any atom is -0.542 e. The first-order valence-corrected chi connectivity index (χ1v) is 11.7. The van der Waals surface area contributed by atoms with Crippen LogP contribution in [0.1, 0.15) is 32.1 Å². The van der Waals surface area contributed by atoms with Crippen LogP contribution in [0, 0.1) is 5.82 Å². The lowest BCUT2D eigenvalue weighted by Gasteiger charge is -2.49. The molecule has 2 bridgehead atoms. The molecule has 0 spiro atoms. The van der Waals surface area contributed by atoms with Crippen LogP contribution in [0.3, 0.4) is 0 Å². The second-order valence-electron chi connectivity index (χ2n) is 9.54. The van der Waals surface area contributed by atoms with Gasteiger partial charge in [-0.15, -0.1) is 0 Å². The summed E-state index contributed by atoms with van der Waals surface area (Å²) in [5.41, 5.74) is 1.79. The number of alkyl halides is 3. The van der Waals surface area contributed by atoms with Crippen molar-refractivity contribution in [1.82, 2.24) is 0 Å². The molecule has 2 aromatic rings. The number of rotatable bonds is 4. The number of benzene rings is 2. The third kappa shape index (κ3) is 6.10. The van der Waals surface area contributed by atoms with E-state index < -0.39 is 18.2 Å². The zero-order chi connectivity index (χ0) is 26.7. The zero-order valence-corrected chi connectivity index (χ0v) is 20.6. The molecule has 2 fully saturated rings. The van der Waals surface area contributed by atoms with Gasteiger partial charge in [0, 0.05) is 29.8 Å². The fourth-order valence-corrected chi connectivity index (χ4v) is 5.35. The largest absolute Gasteiger partial charge is 0.542 e. The number of hydrogen-bond acceptors (Lipinski definition) is 4. The highest BCUT2D eigenvalue weighted by atomic mass is 35.5. The molecule has 1 amide bonds. The van der Waals surface area contributed by atoms with Gasteiger partial charge < -0.3 is 19.1 Å². The summed E-state index contributed by atoms with van der Waals surface area (Å²) in [6, 6.07) is 12.0. The van der Waals surface area contributed by atoms with E-state index in [1.54, 1.807) is 24.3 Å². The summed E-state index contributed by atoms with van der Waals surface area (Å²) in [7, 11) is 4.52. The minimum absolute atomic E-state index is 0.00115. The van der Waals surface area contributed by atoms with Crippen LogP contribution in [0.25, 0.3) is 11.1 Å². The predicted octanol–water partition coefficient (Wildman–Crippen LogP) is 5.15. The first-order chi connectivity index (χ1) is 16.7. The van der Waals surface area contributed by atoms with Gasteiger partial charge in [0.15, 0.2) is 0 Å². The van der Waals surface area contributed by atoms with E-state index in [1.165, 1.54) is 31.4 Å². The van der Waals surface area contributed by atoms with Crippen molar-refractivity contribution in [2.24, 2.45) is 0 Å². The number of hydrogen-bond donors (Lipinski definition) is 1. The number of amides is 1. The smallest absolute Gasteiger partial charge is 0.430 e. The van der Waals surface area contributed by atoms with E-state index in [9.17, 15) is 22.4 Å². The van der Waals surface area contributed by atoms with Crippen LogP contribution in [0.15, 0.2) is 42.5 Å². The van der Waals surface area contributed by atoms with Crippen molar-refractivity contribution in [3.8, 4) is 11.1 Å². The lowest BCUT2D eigenvalue weighted by molar-refractivity contribution is -0.956. The van der Waals surface area contributed by atoms with Gasteiger partial charge in [-0.2, -0.15) is 13.2 Å². The van der Waals surface area contributed by atoms with Gasteiger partial charge >= 0.3 is 12.3 Å². The maximum Gasteiger partial charge on any atom is 0.430 e. The second-order valence-corrected chi connectivity index (χ2v) is 9.97. The molecular weight excluding hydrogens is 504 g/mol. The van der Waals surface area contributed by atoms with Crippen molar-refractivity contribution in [3.63, 3.8) is 0 Å². The molecule has 2 aromatic carbocycles. The van der Waals surface area contributed by atoms with E-state index in [-0.39, 0.29) is 11.4 Å². The van der Waals surface area contributed by atoms with Gasteiger partial charge in [-0.1, -0.05) is 23.7 Å². The number of carbonyl (C=O) groups excluding carboxylic acids is 2. The second kappa shape index (κ2) is 10.6. The van der Waals surface area contributed by atoms with Crippen LogP contribution in [-0.2, 0) is 9.53 Å². The fraction of sp³-hybridized carbons (Fsp3) is 0.440. The highest BCUT2D eigenvalue weighted by Crippen LogP contribution is 2.48. The molecule has 0 saturated carbocycles. The van der Waals surface area contributed by atoms with E-state index >= 15 is 0 Å². The molecular formula is C25H27ClF4N2O4. The lowest BCUT2D eigenvalue weighted by atomic mass is 9.87.